The van der Waals surface area contributed by atoms with Crippen molar-refractivity contribution in [2.24, 2.45) is 0 Å². The first kappa shape index (κ1) is 14.1. The van der Waals surface area contributed by atoms with Gasteiger partial charge in [-0.05, 0) is 35.3 Å². The molecule has 5 heteroatoms. The summed E-state index contributed by atoms with van der Waals surface area (Å²) in [4.78, 5) is 0. The molecule has 2 nitrogen and oxygen atoms in total. The lowest BCUT2D eigenvalue weighted by molar-refractivity contribution is 0.00850. The van der Waals surface area contributed by atoms with E-state index in [0.29, 0.717) is 26.7 Å². The van der Waals surface area contributed by atoms with Crippen molar-refractivity contribution in [3.8, 4) is 5.75 Å². The molecule has 16 heavy (non-hydrogen) atoms. The summed E-state index contributed by atoms with van der Waals surface area (Å²) < 4.78 is 6.16. The third kappa shape index (κ3) is 3.81. The summed E-state index contributed by atoms with van der Waals surface area (Å²) in [6, 6.07) is 3.29. The molecule has 0 saturated heterocycles. The zero-order valence-corrected chi connectivity index (χ0v) is 12.2. The minimum atomic E-state index is -0.858. The summed E-state index contributed by atoms with van der Waals surface area (Å²) >= 11 is 15.2. The Morgan fingerprint density at radius 2 is 2.00 bits per heavy atom. The highest BCUT2D eigenvalue weighted by molar-refractivity contribution is 9.10. The van der Waals surface area contributed by atoms with Gasteiger partial charge in [0.05, 0.1) is 15.6 Å². The second kappa shape index (κ2) is 5.58. The topological polar surface area (TPSA) is 29.5 Å². The van der Waals surface area contributed by atoms with Crippen LogP contribution >= 0.6 is 39.1 Å². The van der Waals surface area contributed by atoms with Gasteiger partial charge in [-0.1, -0.05) is 30.1 Å². The van der Waals surface area contributed by atoms with E-state index in [1.165, 1.54) is 0 Å². The molecule has 0 saturated carbocycles. The van der Waals surface area contributed by atoms with E-state index in [1.807, 2.05) is 6.92 Å². The normalized spacial score (nSPS) is 14.6. The van der Waals surface area contributed by atoms with E-state index >= 15 is 0 Å². The number of benzene rings is 1. The van der Waals surface area contributed by atoms with Crippen LogP contribution in [0.5, 0.6) is 5.75 Å². The van der Waals surface area contributed by atoms with Crippen LogP contribution < -0.4 is 4.74 Å². The SMILES string of the molecule is CCC(C)(O)COc1cc(Cl)c(Br)cc1Cl. The van der Waals surface area contributed by atoms with E-state index < -0.39 is 5.60 Å². The molecule has 1 aromatic carbocycles. The second-order valence-corrected chi connectivity index (χ2v) is 5.50. The molecular weight excluding hydrogens is 315 g/mol. The van der Waals surface area contributed by atoms with Crippen molar-refractivity contribution in [2.75, 3.05) is 6.61 Å². The Balaban J connectivity index is 2.79. The van der Waals surface area contributed by atoms with Crippen molar-refractivity contribution in [2.45, 2.75) is 25.9 Å². The molecule has 0 bridgehead atoms. The Hall–Kier alpha value is 0.0400. The number of halogens is 3. The average molecular weight is 328 g/mol. The highest BCUT2D eigenvalue weighted by atomic mass is 79.9. The Morgan fingerprint density at radius 1 is 1.38 bits per heavy atom. The van der Waals surface area contributed by atoms with E-state index in [1.54, 1.807) is 19.1 Å². The fraction of sp³-hybridized carbons (Fsp3) is 0.455. The van der Waals surface area contributed by atoms with Crippen molar-refractivity contribution in [3.63, 3.8) is 0 Å². The van der Waals surface area contributed by atoms with Gasteiger partial charge in [0.25, 0.3) is 0 Å². The Labute approximate surface area is 114 Å². The molecule has 1 atom stereocenters. The maximum absolute atomic E-state index is 9.79. The monoisotopic (exact) mass is 326 g/mol. The van der Waals surface area contributed by atoms with Gasteiger partial charge in [0.15, 0.2) is 0 Å². The van der Waals surface area contributed by atoms with Crippen LogP contribution in [-0.2, 0) is 0 Å². The van der Waals surface area contributed by atoms with E-state index in [2.05, 4.69) is 15.9 Å². The van der Waals surface area contributed by atoms with E-state index in [0.717, 1.165) is 0 Å². The molecule has 0 aromatic heterocycles. The third-order valence-corrected chi connectivity index (χ3v) is 3.77. The summed E-state index contributed by atoms with van der Waals surface area (Å²) in [5.74, 6) is 0.476. The van der Waals surface area contributed by atoms with E-state index in [4.69, 9.17) is 27.9 Å². The smallest absolute Gasteiger partial charge is 0.139 e. The van der Waals surface area contributed by atoms with Gasteiger partial charge < -0.3 is 9.84 Å². The minimum Gasteiger partial charge on any atom is -0.489 e. The van der Waals surface area contributed by atoms with Crippen molar-refractivity contribution < 1.29 is 9.84 Å². The van der Waals surface area contributed by atoms with E-state index in [-0.39, 0.29) is 6.61 Å². The van der Waals surface area contributed by atoms with Gasteiger partial charge >= 0.3 is 0 Å². The van der Waals surface area contributed by atoms with Crippen molar-refractivity contribution in [1.29, 1.82) is 0 Å². The summed E-state index contributed by atoms with van der Waals surface area (Å²) in [6.45, 7) is 3.78. The molecule has 0 spiro atoms. The molecule has 1 aromatic rings. The minimum absolute atomic E-state index is 0.182. The van der Waals surface area contributed by atoms with Gasteiger partial charge in [-0.15, -0.1) is 0 Å². The van der Waals surface area contributed by atoms with Crippen LogP contribution in [0, 0.1) is 0 Å². The lowest BCUT2D eigenvalue weighted by Crippen LogP contribution is -2.31. The number of rotatable bonds is 4. The predicted octanol–water partition coefficient (Wildman–Crippen LogP) is 4.30. The Morgan fingerprint density at radius 3 is 2.56 bits per heavy atom. The molecule has 1 rings (SSSR count). The van der Waals surface area contributed by atoms with Crippen molar-refractivity contribution in [1.82, 2.24) is 0 Å². The molecule has 0 heterocycles. The van der Waals surface area contributed by atoms with Crippen LogP contribution in [0.2, 0.25) is 10.0 Å². The molecule has 1 unspecified atom stereocenters. The van der Waals surface area contributed by atoms with E-state index in [9.17, 15) is 5.11 Å². The van der Waals surface area contributed by atoms with Gasteiger partial charge in [0.2, 0.25) is 0 Å². The maximum atomic E-state index is 9.79. The molecule has 90 valence electrons. The first-order chi connectivity index (χ1) is 7.35. The standard InChI is InChI=1S/C11H13BrCl2O2/c1-3-11(2,15)6-16-10-5-8(13)7(12)4-9(10)14/h4-5,15H,3,6H2,1-2H3. The number of hydrogen-bond donors (Lipinski definition) is 1. The number of aliphatic hydroxyl groups is 1. The zero-order valence-electron chi connectivity index (χ0n) is 9.06. The quantitative estimate of drug-likeness (QED) is 0.836. The third-order valence-electron chi connectivity index (χ3n) is 2.28. The fourth-order valence-corrected chi connectivity index (χ4v) is 1.80. The van der Waals surface area contributed by atoms with Crippen LogP contribution in [-0.4, -0.2) is 17.3 Å². The molecule has 0 amide bonds. The highest BCUT2D eigenvalue weighted by Gasteiger charge is 2.19. The second-order valence-electron chi connectivity index (χ2n) is 3.84. The van der Waals surface area contributed by atoms with Crippen molar-refractivity contribution in [3.05, 3.63) is 26.7 Å². The number of hydrogen-bond acceptors (Lipinski definition) is 2. The lowest BCUT2D eigenvalue weighted by atomic mass is 10.1. The first-order valence-electron chi connectivity index (χ1n) is 4.85. The highest BCUT2D eigenvalue weighted by Crippen LogP contribution is 2.34. The summed E-state index contributed by atoms with van der Waals surface area (Å²) in [5, 5.41) is 10.8. The Kier molecular flexibility index (Phi) is 4.92. The zero-order chi connectivity index (χ0) is 12.3. The van der Waals surface area contributed by atoms with Crippen LogP contribution in [0.15, 0.2) is 16.6 Å². The van der Waals surface area contributed by atoms with Gasteiger partial charge in [0, 0.05) is 10.5 Å². The molecular formula is C11H13BrCl2O2. The maximum Gasteiger partial charge on any atom is 0.139 e. The lowest BCUT2D eigenvalue weighted by Gasteiger charge is -2.22. The largest absolute Gasteiger partial charge is 0.489 e. The molecule has 0 aliphatic carbocycles. The molecule has 0 fully saturated rings. The molecule has 0 radical (unpaired) electrons. The van der Waals surface area contributed by atoms with Crippen LogP contribution in [0.3, 0.4) is 0 Å². The first-order valence-corrected chi connectivity index (χ1v) is 6.40. The summed E-state index contributed by atoms with van der Waals surface area (Å²) in [5.41, 5.74) is -0.858. The molecule has 0 aliphatic heterocycles. The Bertz CT molecular complexity index is 380. The van der Waals surface area contributed by atoms with Gasteiger partial charge in [-0.25, -0.2) is 0 Å². The number of ether oxygens (including phenoxy) is 1. The molecule has 1 N–H and O–H groups in total. The predicted molar refractivity (Wildman–Crippen MR) is 70.6 cm³/mol. The van der Waals surface area contributed by atoms with Crippen LogP contribution in [0.4, 0.5) is 0 Å². The van der Waals surface area contributed by atoms with Gasteiger partial charge in [-0.2, -0.15) is 0 Å². The summed E-state index contributed by atoms with van der Waals surface area (Å²) in [7, 11) is 0. The molecule has 0 aliphatic rings. The van der Waals surface area contributed by atoms with Crippen molar-refractivity contribution >= 4 is 39.1 Å². The van der Waals surface area contributed by atoms with Gasteiger partial charge in [0.1, 0.15) is 12.4 Å². The van der Waals surface area contributed by atoms with Crippen LogP contribution in [0.25, 0.3) is 0 Å². The van der Waals surface area contributed by atoms with Crippen LogP contribution in [0.1, 0.15) is 20.3 Å². The fourth-order valence-electron chi connectivity index (χ4n) is 0.950. The average Bonchev–Trinajstić information content (AvgIpc) is 2.22. The van der Waals surface area contributed by atoms with Gasteiger partial charge in [-0.3, -0.25) is 0 Å². The summed E-state index contributed by atoms with van der Waals surface area (Å²) in [6.07, 6.45) is 0.606.